The van der Waals surface area contributed by atoms with Gasteiger partial charge in [0.05, 0.1) is 13.2 Å². The van der Waals surface area contributed by atoms with Crippen molar-refractivity contribution in [3.8, 4) is 0 Å². The first-order valence-corrected chi connectivity index (χ1v) is 3.86. The molecule has 1 N–H and O–H groups in total. The third kappa shape index (κ3) is 4.85. The second-order valence-corrected chi connectivity index (χ2v) is 2.56. The van der Waals surface area contributed by atoms with Crippen LogP contribution in [0.1, 0.15) is 26.2 Å². The fourth-order valence-corrected chi connectivity index (χ4v) is 0.712. The molecule has 0 saturated carbocycles. The molecule has 1 atom stereocenters. The number of carbonyl (C=O) groups is 2. The fourth-order valence-electron chi connectivity index (χ4n) is 0.712. The van der Waals surface area contributed by atoms with Crippen molar-refractivity contribution < 1.29 is 19.4 Å². The van der Waals surface area contributed by atoms with Gasteiger partial charge in [-0.1, -0.05) is 6.92 Å². The number of hydrogen-bond acceptors (Lipinski definition) is 4. The third-order valence-corrected chi connectivity index (χ3v) is 1.50. The van der Waals surface area contributed by atoms with E-state index in [0.29, 0.717) is 6.42 Å². The summed E-state index contributed by atoms with van der Waals surface area (Å²) in [5, 5.41) is 9.04. The number of Topliss-reactive ketones (excluding diaryl/α,β-unsaturated/α-hetero) is 1. The van der Waals surface area contributed by atoms with Gasteiger partial charge < -0.3 is 9.84 Å². The van der Waals surface area contributed by atoms with Gasteiger partial charge >= 0.3 is 5.97 Å². The van der Waals surface area contributed by atoms with Crippen molar-refractivity contribution in [3.05, 3.63) is 0 Å². The molecule has 70 valence electrons. The Balaban J connectivity index is 3.66. The molecule has 0 radical (unpaired) electrons. The molecule has 1 unspecified atom stereocenters. The number of esters is 1. The Hall–Kier alpha value is -0.900. The van der Waals surface area contributed by atoms with E-state index in [2.05, 4.69) is 4.74 Å². The van der Waals surface area contributed by atoms with E-state index in [9.17, 15) is 9.59 Å². The van der Waals surface area contributed by atoms with E-state index >= 15 is 0 Å². The number of rotatable bonds is 5. The first kappa shape index (κ1) is 11.1. The largest absolute Gasteiger partial charge is 0.469 e. The number of ether oxygens (including phenoxy) is 1. The van der Waals surface area contributed by atoms with Crippen LogP contribution >= 0.6 is 0 Å². The molecule has 0 saturated heterocycles. The molecule has 0 aliphatic heterocycles. The maximum absolute atomic E-state index is 10.9. The zero-order chi connectivity index (χ0) is 9.56. The predicted molar refractivity (Wildman–Crippen MR) is 42.6 cm³/mol. The molecular formula is C8H14O4. The Bertz CT molecular complexity index is 164. The number of hydrogen-bond donors (Lipinski definition) is 1. The molecule has 0 rings (SSSR count). The first-order chi connectivity index (χ1) is 5.60. The summed E-state index contributed by atoms with van der Waals surface area (Å²) in [5.41, 5.74) is 0. The molecule has 0 aliphatic carbocycles. The van der Waals surface area contributed by atoms with Crippen molar-refractivity contribution in [3.63, 3.8) is 0 Å². The number of ketones is 1. The van der Waals surface area contributed by atoms with Crippen LogP contribution in [0.4, 0.5) is 0 Å². The van der Waals surface area contributed by atoms with E-state index in [1.807, 2.05) is 0 Å². The second-order valence-electron chi connectivity index (χ2n) is 2.56. The summed E-state index contributed by atoms with van der Waals surface area (Å²) < 4.78 is 4.29. The topological polar surface area (TPSA) is 63.6 Å². The number of aliphatic hydroxyl groups excluding tert-OH is 1. The molecule has 0 aromatic rings. The lowest BCUT2D eigenvalue weighted by Gasteiger charge is -2.04. The van der Waals surface area contributed by atoms with Gasteiger partial charge in [-0.3, -0.25) is 9.59 Å². The quantitative estimate of drug-likeness (QED) is 0.480. The van der Waals surface area contributed by atoms with E-state index in [4.69, 9.17) is 5.11 Å². The maximum atomic E-state index is 10.9. The van der Waals surface area contributed by atoms with Gasteiger partial charge in [0.1, 0.15) is 12.2 Å². The number of carbonyl (C=O) groups excluding carboxylic acids is 2. The Morgan fingerprint density at radius 1 is 1.50 bits per heavy atom. The first-order valence-electron chi connectivity index (χ1n) is 3.86. The van der Waals surface area contributed by atoms with Gasteiger partial charge in [0, 0.05) is 6.42 Å². The minimum atomic E-state index is -0.637. The highest BCUT2D eigenvalue weighted by Gasteiger charge is 2.12. The third-order valence-electron chi connectivity index (χ3n) is 1.50. The van der Waals surface area contributed by atoms with Gasteiger partial charge in [0.2, 0.25) is 0 Å². The molecule has 4 heteroatoms. The summed E-state index contributed by atoms with van der Waals surface area (Å²) >= 11 is 0. The molecule has 0 spiro atoms. The number of aliphatic hydroxyl groups is 1. The van der Waals surface area contributed by atoms with Crippen LogP contribution in [0.2, 0.25) is 0 Å². The Morgan fingerprint density at radius 2 is 2.08 bits per heavy atom. The minimum Gasteiger partial charge on any atom is -0.469 e. The summed E-state index contributed by atoms with van der Waals surface area (Å²) in [5.74, 6) is -0.834. The van der Waals surface area contributed by atoms with Gasteiger partial charge in [0.15, 0.2) is 0 Å². The summed E-state index contributed by atoms with van der Waals surface area (Å²) in [7, 11) is 1.23. The molecule has 0 fully saturated rings. The highest BCUT2D eigenvalue weighted by atomic mass is 16.5. The van der Waals surface area contributed by atoms with E-state index in [0.717, 1.165) is 0 Å². The summed E-state index contributed by atoms with van der Waals surface area (Å²) in [6.45, 7) is 1.77. The smallest absolute Gasteiger partial charge is 0.313 e. The van der Waals surface area contributed by atoms with E-state index in [1.54, 1.807) is 6.92 Å². The lowest BCUT2D eigenvalue weighted by molar-refractivity contribution is -0.143. The van der Waals surface area contributed by atoms with Crippen molar-refractivity contribution in [1.82, 2.24) is 0 Å². The van der Waals surface area contributed by atoms with Crippen molar-refractivity contribution >= 4 is 11.8 Å². The number of methoxy groups -OCH3 is 1. The lowest BCUT2D eigenvalue weighted by Crippen LogP contribution is -2.16. The van der Waals surface area contributed by atoms with E-state index < -0.39 is 12.1 Å². The summed E-state index contributed by atoms with van der Waals surface area (Å²) in [4.78, 5) is 21.5. The molecule has 12 heavy (non-hydrogen) atoms. The predicted octanol–water partition coefficient (Wildman–Crippen LogP) is 0.280. The monoisotopic (exact) mass is 174 g/mol. The van der Waals surface area contributed by atoms with Gasteiger partial charge in [0.25, 0.3) is 0 Å². The van der Waals surface area contributed by atoms with Crippen LogP contribution < -0.4 is 0 Å². The highest BCUT2D eigenvalue weighted by Crippen LogP contribution is 2.00. The van der Waals surface area contributed by atoms with Crippen molar-refractivity contribution in [2.45, 2.75) is 32.3 Å². The SMILES string of the molecule is CCC(O)CC(=O)CC(=O)OC. The Morgan fingerprint density at radius 3 is 2.50 bits per heavy atom. The van der Waals surface area contributed by atoms with Gasteiger partial charge in [-0.05, 0) is 6.42 Å². The normalized spacial score (nSPS) is 12.2. The maximum Gasteiger partial charge on any atom is 0.313 e. The average molecular weight is 174 g/mol. The van der Waals surface area contributed by atoms with Crippen LogP contribution in [0.25, 0.3) is 0 Å². The lowest BCUT2D eigenvalue weighted by atomic mass is 10.1. The van der Waals surface area contributed by atoms with Crippen LogP contribution in [-0.4, -0.2) is 30.1 Å². The fraction of sp³-hybridized carbons (Fsp3) is 0.750. The van der Waals surface area contributed by atoms with Crippen molar-refractivity contribution in [2.24, 2.45) is 0 Å². The van der Waals surface area contributed by atoms with Crippen molar-refractivity contribution in [2.75, 3.05) is 7.11 Å². The van der Waals surface area contributed by atoms with Crippen LogP contribution in [0.5, 0.6) is 0 Å². The van der Waals surface area contributed by atoms with Crippen molar-refractivity contribution in [1.29, 1.82) is 0 Å². The summed E-state index contributed by atoms with van der Waals surface area (Å²) in [6.07, 6.45) is -0.325. The van der Waals surface area contributed by atoms with Gasteiger partial charge in [-0.2, -0.15) is 0 Å². The summed E-state index contributed by atoms with van der Waals surface area (Å²) in [6, 6.07) is 0. The highest BCUT2D eigenvalue weighted by molar-refractivity contribution is 5.95. The molecule has 0 aliphatic rings. The molecule has 0 aromatic heterocycles. The van der Waals surface area contributed by atoms with E-state index in [-0.39, 0.29) is 18.6 Å². The zero-order valence-electron chi connectivity index (χ0n) is 7.37. The Kier molecular flexibility index (Phi) is 5.28. The van der Waals surface area contributed by atoms with Crippen LogP contribution in [0.3, 0.4) is 0 Å². The molecule has 4 nitrogen and oxygen atoms in total. The molecule has 0 amide bonds. The average Bonchev–Trinajstić information content (AvgIpc) is 2.03. The standard InChI is InChI=1S/C8H14O4/c1-3-6(9)4-7(10)5-8(11)12-2/h6,9H,3-5H2,1-2H3. The minimum absolute atomic E-state index is 0.0333. The molecular weight excluding hydrogens is 160 g/mol. The molecule has 0 aromatic carbocycles. The van der Waals surface area contributed by atoms with Crippen LogP contribution in [0, 0.1) is 0 Å². The van der Waals surface area contributed by atoms with Gasteiger partial charge in [-0.15, -0.1) is 0 Å². The van der Waals surface area contributed by atoms with Gasteiger partial charge in [-0.25, -0.2) is 0 Å². The zero-order valence-corrected chi connectivity index (χ0v) is 7.37. The Labute approximate surface area is 71.5 Å². The molecule has 0 bridgehead atoms. The molecule has 0 heterocycles. The van der Waals surface area contributed by atoms with Crippen LogP contribution in [0.15, 0.2) is 0 Å². The van der Waals surface area contributed by atoms with Crippen LogP contribution in [-0.2, 0) is 14.3 Å². The van der Waals surface area contributed by atoms with E-state index in [1.165, 1.54) is 7.11 Å². The second kappa shape index (κ2) is 5.71.